The van der Waals surface area contributed by atoms with E-state index in [0.717, 1.165) is 23.1 Å². The Labute approximate surface area is 146 Å². The van der Waals surface area contributed by atoms with E-state index in [1.165, 1.54) is 0 Å². The third-order valence-corrected chi connectivity index (χ3v) is 5.34. The molecule has 1 N–H and O–H groups in total. The van der Waals surface area contributed by atoms with Crippen molar-refractivity contribution in [1.29, 1.82) is 0 Å². The molecule has 2 heterocycles. The first kappa shape index (κ1) is 17.6. The standard InChI is InChI=1S/C17H21N3O4S/c1-11-5-4-6-15(12(11)2)24-10-20-8-7-13-14(9-20)18-17(19-16(13)21)25(3,22)23/h4-6H,7-10H2,1-3H3,(H,18,19,21). The summed E-state index contributed by atoms with van der Waals surface area (Å²) in [6, 6.07) is 5.90. The third-order valence-electron chi connectivity index (χ3n) is 4.44. The average Bonchev–Trinajstić information content (AvgIpc) is 2.55. The third kappa shape index (κ3) is 3.74. The van der Waals surface area contributed by atoms with E-state index in [0.29, 0.717) is 37.5 Å². The lowest BCUT2D eigenvalue weighted by Gasteiger charge is -2.27. The second kappa shape index (κ2) is 6.61. The maximum atomic E-state index is 12.1. The molecule has 0 unspecified atom stereocenters. The van der Waals surface area contributed by atoms with Crippen LogP contribution in [-0.4, -0.2) is 42.8 Å². The van der Waals surface area contributed by atoms with Crippen LogP contribution in [0, 0.1) is 13.8 Å². The van der Waals surface area contributed by atoms with Crippen molar-refractivity contribution in [3.05, 3.63) is 50.9 Å². The molecule has 7 nitrogen and oxygen atoms in total. The molecule has 1 aromatic heterocycles. The molecule has 1 aliphatic rings. The molecule has 1 aliphatic heterocycles. The van der Waals surface area contributed by atoms with Gasteiger partial charge in [-0.2, -0.15) is 0 Å². The molecule has 25 heavy (non-hydrogen) atoms. The van der Waals surface area contributed by atoms with Gasteiger partial charge in [-0.1, -0.05) is 12.1 Å². The van der Waals surface area contributed by atoms with Gasteiger partial charge in [0.25, 0.3) is 5.56 Å². The van der Waals surface area contributed by atoms with E-state index in [1.54, 1.807) is 0 Å². The van der Waals surface area contributed by atoms with Crippen molar-refractivity contribution in [2.75, 3.05) is 19.5 Å². The van der Waals surface area contributed by atoms with E-state index in [9.17, 15) is 13.2 Å². The van der Waals surface area contributed by atoms with Crippen LogP contribution in [0.4, 0.5) is 0 Å². The molecule has 0 amide bonds. The molecule has 134 valence electrons. The summed E-state index contributed by atoms with van der Waals surface area (Å²) in [4.78, 5) is 20.6. The number of sulfone groups is 1. The molecule has 0 aliphatic carbocycles. The first-order valence-electron chi connectivity index (χ1n) is 7.99. The molecule has 0 saturated heterocycles. The van der Waals surface area contributed by atoms with E-state index in [-0.39, 0.29) is 10.7 Å². The molecule has 3 rings (SSSR count). The minimum absolute atomic E-state index is 0.284. The monoisotopic (exact) mass is 363 g/mol. The highest BCUT2D eigenvalue weighted by Gasteiger charge is 2.23. The zero-order valence-corrected chi connectivity index (χ0v) is 15.3. The van der Waals surface area contributed by atoms with Crippen molar-refractivity contribution in [3.63, 3.8) is 0 Å². The molecule has 2 aromatic rings. The maximum absolute atomic E-state index is 12.1. The summed E-state index contributed by atoms with van der Waals surface area (Å²) in [5, 5.41) is -0.284. The second-order valence-corrected chi connectivity index (χ2v) is 8.27. The van der Waals surface area contributed by atoms with Crippen LogP contribution >= 0.6 is 0 Å². The Balaban J connectivity index is 1.78. The molecule has 0 fully saturated rings. The number of nitrogens with one attached hydrogen (secondary N) is 1. The fourth-order valence-corrected chi connectivity index (χ4v) is 3.35. The fraction of sp³-hybridized carbons (Fsp3) is 0.412. The Hall–Kier alpha value is -2.19. The second-order valence-electron chi connectivity index (χ2n) is 6.34. The van der Waals surface area contributed by atoms with Crippen molar-refractivity contribution >= 4 is 9.84 Å². The van der Waals surface area contributed by atoms with E-state index in [4.69, 9.17) is 4.74 Å². The minimum Gasteiger partial charge on any atom is -0.478 e. The van der Waals surface area contributed by atoms with Gasteiger partial charge in [0.15, 0.2) is 0 Å². The van der Waals surface area contributed by atoms with Crippen LogP contribution < -0.4 is 10.3 Å². The van der Waals surface area contributed by atoms with Crippen LogP contribution in [0.5, 0.6) is 5.75 Å². The molecule has 0 radical (unpaired) electrons. The summed E-state index contributed by atoms with van der Waals surface area (Å²) < 4.78 is 29.2. The van der Waals surface area contributed by atoms with E-state index < -0.39 is 9.84 Å². The van der Waals surface area contributed by atoms with Crippen LogP contribution in [-0.2, 0) is 22.8 Å². The topological polar surface area (TPSA) is 92.4 Å². The van der Waals surface area contributed by atoms with Crippen molar-refractivity contribution < 1.29 is 13.2 Å². The zero-order valence-electron chi connectivity index (χ0n) is 14.5. The van der Waals surface area contributed by atoms with Gasteiger partial charge in [-0.3, -0.25) is 14.7 Å². The molecule has 8 heteroatoms. The molecule has 0 bridgehead atoms. The summed E-state index contributed by atoms with van der Waals surface area (Å²) in [6.07, 6.45) is 1.54. The largest absolute Gasteiger partial charge is 0.478 e. The summed E-state index contributed by atoms with van der Waals surface area (Å²) >= 11 is 0. The maximum Gasteiger partial charge on any atom is 0.255 e. The van der Waals surface area contributed by atoms with Gasteiger partial charge < -0.3 is 4.74 Å². The Kier molecular flexibility index (Phi) is 4.66. The summed E-state index contributed by atoms with van der Waals surface area (Å²) in [6.45, 7) is 5.43. The Morgan fingerprint density at radius 3 is 2.80 bits per heavy atom. The summed E-state index contributed by atoms with van der Waals surface area (Å²) in [7, 11) is -3.56. The molecular weight excluding hydrogens is 342 g/mol. The average molecular weight is 363 g/mol. The molecular formula is C17H21N3O4S. The molecule has 0 saturated carbocycles. The number of hydrogen-bond acceptors (Lipinski definition) is 6. The Bertz CT molecular complexity index is 966. The highest BCUT2D eigenvalue weighted by Crippen LogP contribution is 2.22. The first-order valence-corrected chi connectivity index (χ1v) is 9.88. The number of rotatable bonds is 4. The van der Waals surface area contributed by atoms with Crippen LogP contribution in [0.25, 0.3) is 0 Å². The van der Waals surface area contributed by atoms with E-state index >= 15 is 0 Å². The number of aromatic nitrogens is 2. The molecule has 1 aromatic carbocycles. The van der Waals surface area contributed by atoms with Crippen molar-refractivity contribution in [1.82, 2.24) is 14.9 Å². The van der Waals surface area contributed by atoms with Gasteiger partial charge in [0.2, 0.25) is 15.0 Å². The Morgan fingerprint density at radius 1 is 1.32 bits per heavy atom. The fourth-order valence-electron chi connectivity index (χ4n) is 2.80. The van der Waals surface area contributed by atoms with Crippen molar-refractivity contribution in [3.8, 4) is 5.75 Å². The smallest absolute Gasteiger partial charge is 0.255 e. The minimum atomic E-state index is -3.56. The van der Waals surface area contributed by atoms with Crippen LogP contribution in [0.1, 0.15) is 22.4 Å². The zero-order chi connectivity index (χ0) is 18.2. The number of aromatic amines is 1. The van der Waals surface area contributed by atoms with Gasteiger partial charge in [0, 0.05) is 24.9 Å². The van der Waals surface area contributed by atoms with Crippen molar-refractivity contribution in [2.24, 2.45) is 0 Å². The number of H-pyrrole nitrogens is 1. The predicted molar refractivity (Wildman–Crippen MR) is 93.5 cm³/mol. The van der Waals surface area contributed by atoms with E-state index in [1.807, 2.05) is 36.9 Å². The van der Waals surface area contributed by atoms with Gasteiger partial charge in [0.05, 0.1) is 5.69 Å². The molecule has 0 spiro atoms. The quantitative estimate of drug-likeness (QED) is 0.820. The summed E-state index contributed by atoms with van der Waals surface area (Å²) in [5.74, 6) is 0.821. The lowest BCUT2D eigenvalue weighted by molar-refractivity contribution is 0.111. The highest BCUT2D eigenvalue weighted by atomic mass is 32.2. The predicted octanol–water partition coefficient (Wildman–Crippen LogP) is 1.18. The van der Waals surface area contributed by atoms with Crippen LogP contribution in [0.2, 0.25) is 0 Å². The lowest BCUT2D eigenvalue weighted by atomic mass is 10.1. The van der Waals surface area contributed by atoms with Gasteiger partial charge in [-0.15, -0.1) is 0 Å². The normalized spacial score (nSPS) is 15.0. The van der Waals surface area contributed by atoms with E-state index in [2.05, 4.69) is 9.97 Å². The van der Waals surface area contributed by atoms with Crippen LogP contribution in [0.3, 0.4) is 0 Å². The highest BCUT2D eigenvalue weighted by molar-refractivity contribution is 7.90. The number of nitrogens with zero attached hydrogens (tertiary/aromatic N) is 2. The number of aryl methyl sites for hydroxylation is 1. The van der Waals surface area contributed by atoms with Gasteiger partial charge in [0.1, 0.15) is 12.5 Å². The van der Waals surface area contributed by atoms with Crippen LogP contribution in [0.15, 0.2) is 28.2 Å². The van der Waals surface area contributed by atoms with Gasteiger partial charge in [-0.05, 0) is 37.5 Å². The SMILES string of the molecule is Cc1cccc(OCN2CCc3c(nc(S(C)(=O)=O)[nH]c3=O)C2)c1C. The van der Waals surface area contributed by atoms with Crippen molar-refractivity contribution in [2.45, 2.75) is 32.0 Å². The number of ether oxygens (including phenoxy) is 1. The van der Waals surface area contributed by atoms with Gasteiger partial charge in [-0.25, -0.2) is 13.4 Å². The van der Waals surface area contributed by atoms with Gasteiger partial charge >= 0.3 is 0 Å². The lowest BCUT2D eigenvalue weighted by Crippen LogP contribution is -2.38. The number of benzene rings is 1. The number of hydrogen-bond donors (Lipinski definition) is 1. The first-order chi connectivity index (χ1) is 11.8. The Morgan fingerprint density at radius 2 is 2.08 bits per heavy atom. The summed E-state index contributed by atoms with van der Waals surface area (Å²) in [5.41, 5.74) is 2.93. The number of fused-ring (bicyclic) bond motifs is 1. The molecule has 0 atom stereocenters.